The summed E-state index contributed by atoms with van der Waals surface area (Å²) in [6.07, 6.45) is -1.76. The summed E-state index contributed by atoms with van der Waals surface area (Å²) in [7, 11) is -2.17. The molecule has 10 nitrogen and oxygen atoms in total. The molecule has 0 unspecified atom stereocenters. The largest absolute Gasteiger partial charge is 0.444 e. The number of hydrogen-bond acceptors (Lipinski definition) is 8. The average molecular weight is 453 g/mol. The monoisotopic (exact) mass is 452 g/mol. The van der Waals surface area contributed by atoms with Gasteiger partial charge < -0.3 is 19.5 Å². The fourth-order valence-corrected chi connectivity index (χ4v) is 3.62. The number of amides is 2. The smallest absolute Gasteiger partial charge is 0.410 e. The van der Waals surface area contributed by atoms with Gasteiger partial charge in [0.2, 0.25) is 0 Å². The lowest BCUT2D eigenvalue weighted by Crippen LogP contribution is -2.46. The summed E-state index contributed by atoms with van der Waals surface area (Å²) in [5, 5.41) is 10.7. The molecule has 1 fully saturated rings. The maximum atomic E-state index is 12.6. The molecule has 0 aromatic rings. The van der Waals surface area contributed by atoms with Gasteiger partial charge in [0.15, 0.2) is 0 Å². The lowest BCUT2D eigenvalue weighted by molar-refractivity contribution is 0.0000163. The van der Waals surface area contributed by atoms with Crippen molar-refractivity contribution in [2.24, 2.45) is 0 Å². The molecule has 2 amide bonds. The van der Waals surface area contributed by atoms with Gasteiger partial charge >= 0.3 is 12.2 Å². The van der Waals surface area contributed by atoms with Crippen LogP contribution in [0, 0.1) is 0 Å². The summed E-state index contributed by atoms with van der Waals surface area (Å²) in [5.74, 6) is 0. The molecule has 11 heteroatoms. The fraction of sp³-hybridized carbons (Fsp3) is 0.895. The van der Waals surface area contributed by atoms with Gasteiger partial charge in [-0.25, -0.2) is 9.59 Å². The zero-order valence-electron chi connectivity index (χ0n) is 19.2. The summed E-state index contributed by atoms with van der Waals surface area (Å²) in [5.41, 5.74) is -1.39. The van der Waals surface area contributed by atoms with Gasteiger partial charge in [0.25, 0.3) is 10.1 Å². The molecule has 3 atom stereocenters. The zero-order chi connectivity index (χ0) is 23.5. The SMILES string of the molecule is CN(CC[C@@H](O)[C@@H]1C[C@@H](OS(C)(=O)=O)CN1C(=O)OC(C)(C)C)C(=O)OC(C)(C)C. The van der Waals surface area contributed by atoms with Crippen LogP contribution < -0.4 is 0 Å². The predicted molar refractivity (Wildman–Crippen MR) is 111 cm³/mol. The van der Waals surface area contributed by atoms with Crippen molar-refractivity contribution in [2.45, 2.75) is 83.8 Å². The van der Waals surface area contributed by atoms with E-state index in [0.29, 0.717) is 0 Å². The molecule has 1 rings (SSSR count). The highest BCUT2D eigenvalue weighted by Crippen LogP contribution is 2.27. The molecule has 1 N–H and O–H groups in total. The van der Waals surface area contributed by atoms with Crippen LogP contribution in [-0.4, -0.2) is 91.4 Å². The third-order valence-electron chi connectivity index (χ3n) is 4.15. The molecule has 1 heterocycles. The first-order chi connectivity index (χ1) is 13.4. The van der Waals surface area contributed by atoms with Crippen molar-refractivity contribution < 1.29 is 36.8 Å². The highest BCUT2D eigenvalue weighted by atomic mass is 32.2. The molecule has 0 spiro atoms. The number of aliphatic hydroxyl groups excluding tert-OH is 1. The van der Waals surface area contributed by atoms with E-state index in [-0.39, 0.29) is 25.9 Å². The Bertz CT molecular complexity index is 711. The van der Waals surface area contributed by atoms with Crippen molar-refractivity contribution in [2.75, 3.05) is 26.4 Å². The number of aliphatic hydroxyl groups is 1. The van der Waals surface area contributed by atoms with Gasteiger partial charge in [-0.05, 0) is 54.4 Å². The van der Waals surface area contributed by atoms with E-state index in [1.165, 1.54) is 9.80 Å². The number of carbonyl (C=O) groups is 2. The molecular weight excluding hydrogens is 416 g/mol. The maximum absolute atomic E-state index is 12.6. The van der Waals surface area contributed by atoms with Crippen molar-refractivity contribution in [3.05, 3.63) is 0 Å². The van der Waals surface area contributed by atoms with Gasteiger partial charge in [-0.15, -0.1) is 0 Å². The third kappa shape index (κ3) is 9.48. The summed E-state index contributed by atoms with van der Waals surface area (Å²) < 4.78 is 38.7. The normalized spacial score (nSPS) is 21.3. The molecule has 0 aromatic carbocycles. The minimum Gasteiger partial charge on any atom is -0.444 e. The van der Waals surface area contributed by atoms with Crippen LogP contribution in [0.15, 0.2) is 0 Å². The van der Waals surface area contributed by atoms with Crippen LogP contribution in [-0.2, 0) is 23.8 Å². The van der Waals surface area contributed by atoms with Crippen LogP contribution in [0.4, 0.5) is 9.59 Å². The molecule has 1 aliphatic rings. The summed E-state index contributed by atoms with van der Waals surface area (Å²) >= 11 is 0. The Morgan fingerprint density at radius 2 is 1.67 bits per heavy atom. The number of hydrogen-bond donors (Lipinski definition) is 1. The highest BCUT2D eigenvalue weighted by molar-refractivity contribution is 7.86. The van der Waals surface area contributed by atoms with E-state index in [0.717, 1.165) is 6.26 Å². The molecule has 0 bridgehead atoms. The van der Waals surface area contributed by atoms with Crippen molar-refractivity contribution in [1.29, 1.82) is 0 Å². The molecule has 0 radical (unpaired) electrons. The zero-order valence-corrected chi connectivity index (χ0v) is 20.0. The molecular formula is C19H36N2O8S. The topological polar surface area (TPSA) is 123 Å². The molecule has 0 aromatic heterocycles. The summed E-state index contributed by atoms with van der Waals surface area (Å²) in [4.78, 5) is 27.3. The Balaban J connectivity index is 2.83. The summed E-state index contributed by atoms with van der Waals surface area (Å²) in [6, 6.07) is -0.710. The predicted octanol–water partition coefficient (Wildman–Crippen LogP) is 1.96. The van der Waals surface area contributed by atoms with Crippen molar-refractivity contribution in [1.82, 2.24) is 9.80 Å². The minimum atomic E-state index is -3.73. The number of ether oxygens (including phenoxy) is 2. The first kappa shape index (κ1) is 26.4. The summed E-state index contributed by atoms with van der Waals surface area (Å²) in [6.45, 7) is 10.6. The van der Waals surface area contributed by atoms with E-state index in [1.54, 1.807) is 48.6 Å². The van der Waals surface area contributed by atoms with E-state index in [2.05, 4.69) is 0 Å². The van der Waals surface area contributed by atoms with Crippen LogP contribution >= 0.6 is 0 Å². The van der Waals surface area contributed by atoms with Crippen LogP contribution in [0.3, 0.4) is 0 Å². The Hall–Kier alpha value is -1.59. The first-order valence-corrected chi connectivity index (χ1v) is 11.7. The van der Waals surface area contributed by atoms with E-state index in [1.807, 2.05) is 0 Å². The second-order valence-electron chi connectivity index (χ2n) is 9.62. The molecule has 30 heavy (non-hydrogen) atoms. The van der Waals surface area contributed by atoms with E-state index < -0.39 is 51.8 Å². The number of nitrogens with zero attached hydrogens (tertiary/aromatic N) is 2. The maximum Gasteiger partial charge on any atom is 0.410 e. The Labute approximate surface area is 179 Å². The van der Waals surface area contributed by atoms with Gasteiger partial charge in [0.1, 0.15) is 11.2 Å². The molecule has 1 aliphatic heterocycles. The second kappa shape index (κ2) is 9.69. The van der Waals surface area contributed by atoms with Crippen molar-refractivity contribution >= 4 is 22.3 Å². The average Bonchev–Trinajstić information content (AvgIpc) is 2.90. The molecule has 0 saturated carbocycles. The van der Waals surface area contributed by atoms with Gasteiger partial charge in [-0.1, -0.05) is 0 Å². The molecule has 176 valence electrons. The van der Waals surface area contributed by atoms with Crippen LogP contribution in [0.25, 0.3) is 0 Å². The van der Waals surface area contributed by atoms with Gasteiger partial charge in [-0.2, -0.15) is 8.42 Å². The van der Waals surface area contributed by atoms with Crippen molar-refractivity contribution in [3.63, 3.8) is 0 Å². The molecule has 0 aliphatic carbocycles. The number of carbonyl (C=O) groups excluding carboxylic acids is 2. The van der Waals surface area contributed by atoms with Crippen LogP contribution in [0.5, 0.6) is 0 Å². The number of likely N-dealkylation sites (tertiary alicyclic amines) is 1. The lowest BCUT2D eigenvalue weighted by Gasteiger charge is -2.31. The minimum absolute atomic E-state index is 0.0222. The van der Waals surface area contributed by atoms with E-state index >= 15 is 0 Å². The fourth-order valence-electron chi connectivity index (χ4n) is 2.99. The van der Waals surface area contributed by atoms with Crippen LogP contribution in [0.1, 0.15) is 54.4 Å². The second-order valence-corrected chi connectivity index (χ2v) is 11.2. The quantitative estimate of drug-likeness (QED) is 0.607. The number of rotatable bonds is 6. The Kier molecular flexibility index (Phi) is 8.54. The van der Waals surface area contributed by atoms with E-state index in [9.17, 15) is 23.1 Å². The van der Waals surface area contributed by atoms with Crippen molar-refractivity contribution in [3.8, 4) is 0 Å². The lowest BCUT2D eigenvalue weighted by atomic mass is 10.0. The van der Waals surface area contributed by atoms with Gasteiger partial charge in [-0.3, -0.25) is 9.08 Å². The third-order valence-corrected chi connectivity index (χ3v) is 4.78. The van der Waals surface area contributed by atoms with Crippen LogP contribution in [0.2, 0.25) is 0 Å². The Morgan fingerprint density at radius 3 is 2.13 bits per heavy atom. The van der Waals surface area contributed by atoms with E-state index in [4.69, 9.17) is 13.7 Å². The first-order valence-electron chi connectivity index (χ1n) is 9.88. The molecule has 1 saturated heterocycles. The highest BCUT2D eigenvalue weighted by Gasteiger charge is 2.42. The van der Waals surface area contributed by atoms with Gasteiger partial charge in [0.05, 0.1) is 31.1 Å². The van der Waals surface area contributed by atoms with Gasteiger partial charge in [0, 0.05) is 13.6 Å². The standard InChI is InChI=1S/C19H36N2O8S/c1-18(2,3)27-16(23)20(7)10-9-15(22)14-11-13(29-30(8,25)26)12-21(14)17(24)28-19(4,5)6/h13-15,22H,9-12H2,1-8H3/t13-,14+,15-/m1/s1. The Morgan fingerprint density at radius 1 is 1.13 bits per heavy atom.